The van der Waals surface area contributed by atoms with Crippen molar-refractivity contribution < 1.29 is 122 Å². The van der Waals surface area contributed by atoms with E-state index in [2.05, 4.69) is 67.5 Å². The number of nitriles is 1. The SMILES string of the molecule is C.C.C.C.C.C.C.C.C.C.C.C.C.C=C(C)C.C=C(C)C(=O)O.C=C(C)C(CC(=N)Oc1ccc(NCOOCCOC)c(C)c1)OO.C=C(C)CCC(=N)Oc1ccc(NCOOCCOC)c(C)c1.C=O.C=O.CNC(=O)c1ccc(NC(=O)OCCOOCNc2ccc(C(CO)NO)cc2C)c(C)c1.Cc1cc(OC#N)ccc1N=C=O.OCCO. The number of aliphatic hydroxyl groups is 3. The number of aryl methyl sites for hydroxylation is 5. The quantitative estimate of drug-likeness (QED) is 0.00166. The van der Waals surface area contributed by atoms with E-state index in [4.69, 9.17) is 104 Å². The number of aliphatic carboxylic acids is 1. The average molecular weight is 1790 g/mol. The third-order valence-corrected chi connectivity index (χ3v) is 13.0. The third kappa shape index (κ3) is 79.9. The number of hydrogen-bond acceptors (Lipinski definition) is 32. The Bertz CT molecular complexity index is 3650. The number of allylic oxidation sites excluding steroid dienone is 2. The van der Waals surface area contributed by atoms with Crippen LogP contribution in [0.2, 0.25) is 0 Å². The first-order chi connectivity index (χ1) is 53.4. The standard InChI is InChI=1S/C22H30N4O7.C17H26N2O6.C17H26N2O4.C9H6N2O2.C4H6O2.C4H8.C2H6O2.2CH2O.13CH4/c1-14-10-16(20(12-27)26-30)4-6-18(14)24-13-33-32-9-8-31-22(29)25-19-7-5-17(11-15(19)2)21(28)23-3;1-12(2)16(25-20)10-17(18)24-14-5-6-15(13(3)9-14)19-11-23-22-8-7-21-4;1-13(2)5-8-17(18)23-15-6-7-16(14(3)11-15)19-12-22-21-10-9-20-4;1-7-4-8(13-5-10)2-3-9(7)11-6-12;1-3(2)4(5)6;1-4(2)3;3-1-2-4;2*1-2;;;;;;;;;;;;;/h4-7,10-11,20,24,26-27,30H,8-9,12-13H2,1-3H3,(H,23,28)(H,25,29);5-6,9,16,18-20H,1,7-8,10-11H2,2-4H3;6-7,11,18-19H,1,5,8-10,12H2,2-4H3;2-4H,1H3;1H2,2H3,(H,5,6);1H2,2-3H3;3-4H,1-2H2;2*1H2;13*1H4. The summed E-state index contributed by atoms with van der Waals surface area (Å²) in [6, 6.07) is 25.4. The highest BCUT2D eigenvalue weighted by Gasteiger charge is 2.16. The molecule has 0 aromatic heterocycles. The first-order valence-electron chi connectivity index (χ1n) is 33.6. The number of anilines is 4. The lowest BCUT2D eigenvalue weighted by molar-refractivity contribution is -0.293. The number of aliphatic hydroxyl groups excluding tert-OH is 3. The third-order valence-electron chi connectivity index (χ3n) is 13.0. The number of nitrogens with zero attached hydrogens (tertiary/aromatic N) is 2. The van der Waals surface area contributed by atoms with Crippen LogP contribution in [0.15, 0.2) is 145 Å². The molecule has 0 spiro atoms. The van der Waals surface area contributed by atoms with E-state index < -0.39 is 24.2 Å². The summed E-state index contributed by atoms with van der Waals surface area (Å²) in [4.78, 5) is 96.6. The van der Waals surface area contributed by atoms with Gasteiger partial charge >= 0.3 is 12.1 Å². The van der Waals surface area contributed by atoms with Crippen LogP contribution in [-0.4, -0.2) is 187 Å². The van der Waals surface area contributed by atoms with Crippen molar-refractivity contribution in [3.63, 3.8) is 0 Å². The van der Waals surface area contributed by atoms with Gasteiger partial charge in [0.25, 0.3) is 12.2 Å². The summed E-state index contributed by atoms with van der Waals surface area (Å²) in [5, 5.41) is 88.4. The van der Waals surface area contributed by atoms with E-state index in [-0.39, 0.29) is 179 Å². The first kappa shape index (κ1) is 155. The summed E-state index contributed by atoms with van der Waals surface area (Å²) >= 11 is 0. The van der Waals surface area contributed by atoms with Crippen molar-refractivity contribution in [2.24, 2.45) is 4.99 Å². The summed E-state index contributed by atoms with van der Waals surface area (Å²) in [5.41, 5.74) is 14.2. The summed E-state index contributed by atoms with van der Waals surface area (Å²) in [5.74, 6) is 0.668. The zero-order valence-corrected chi connectivity index (χ0v) is 66.0. The Morgan fingerprint density at radius 2 is 0.928 bits per heavy atom. The van der Waals surface area contributed by atoms with Gasteiger partial charge in [-0.15, -0.1) is 18.4 Å². The second-order valence-electron chi connectivity index (χ2n) is 22.8. The van der Waals surface area contributed by atoms with Gasteiger partial charge < -0.3 is 84.9 Å². The van der Waals surface area contributed by atoms with Crippen LogP contribution in [0, 0.1) is 57.0 Å². The van der Waals surface area contributed by atoms with Gasteiger partial charge in [0.2, 0.25) is 6.08 Å². The molecule has 14 N–H and O–H groups in total. The molecule has 0 saturated heterocycles. The maximum Gasteiger partial charge on any atom is 0.411 e. The molecule has 5 aromatic carbocycles. The second kappa shape index (κ2) is 100. The van der Waals surface area contributed by atoms with Gasteiger partial charge in [0, 0.05) is 61.6 Å². The Labute approximate surface area is 750 Å². The predicted molar refractivity (Wildman–Crippen MR) is 510 cm³/mol. The number of methoxy groups -OCH3 is 2. The van der Waals surface area contributed by atoms with Crippen molar-refractivity contribution in [1.82, 2.24) is 10.8 Å². The molecule has 125 heavy (non-hydrogen) atoms. The zero-order valence-electron chi connectivity index (χ0n) is 66.0. The topological polar surface area (TPSA) is 500 Å². The van der Waals surface area contributed by atoms with Crippen molar-refractivity contribution in [1.29, 1.82) is 16.1 Å². The van der Waals surface area contributed by atoms with Crippen molar-refractivity contribution in [3.8, 4) is 23.5 Å². The van der Waals surface area contributed by atoms with E-state index in [1.54, 1.807) is 109 Å². The monoisotopic (exact) mass is 1790 g/mol. The van der Waals surface area contributed by atoms with Crippen LogP contribution in [0.5, 0.6) is 17.2 Å². The molecule has 724 valence electrons. The van der Waals surface area contributed by atoms with Crippen molar-refractivity contribution in [2.75, 3.05) is 122 Å². The average Bonchev–Trinajstić information content (AvgIpc) is 0.868. The minimum atomic E-state index is -0.935. The number of hydrogen-bond donors (Lipinski definition) is 14. The Morgan fingerprint density at radius 1 is 0.536 bits per heavy atom. The highest BCUT2D eigenvalue weighted by atomic mass is 17.2. The zero-order chi connectivity index (χ0) is 85.8. The molecule has 35 nitrogen and oxygen atoms in total. The molecular formula is C90H164N10O25. The Morgan fingerprint density at radius 3 is 1.26 bits per heavy atom. The molecule has 2 unspecified atom stereocenters. The van der Waals surface area contributed by atoms with Gasteiger partial charge in [-0.1, -0.05) is 133 Å². The van der Waals surface area contributed by atoms with Crippen LogP contribution in [-0.2, 0) is 67.6 Å². The number of amides is 2. The molecule has 0 fully saturated rings. The molecule has 0 aliphatic heterocycles. The second-order valence-corrected chi connectivity index (χ2v) is 22.8. The summed E-state index contributed by atoms with van der Waals surface area (Å²) in [6.07, 6.45) is 3.10. The van der Waals surface area contributed by atoms with Gasteiger partial charge in [0.15, 0.2) is 32.0 Å². The maximum atomic E-state index is 11.9. The number of rotatable bonds is 39. The van der Waals surface area contributed by atoms with Gasteiger partial charge in [-0.2, -0.15) is 10.5 Å². The van der Waals surface area contributed by atoms with Crippen molar-refractivity contribution in [3.05, 3.63) is 179 Å². The smallest absolute Gasteiger partial charge is 0.411 e. The number of carboxylic acid groups (broad SMARTS) is 1. The molecule has 0 aliphatic carbocycles. The number of ether oxygens (including phenoxy) is 6. The minimum absolute atomic E-state index is 0. The maximum absolute atomic E-state index is 11.9. The highest BCUT2D eigenvalue weighted by Crippen LogP contribution is 2.26. The summed E-state index contributed by atoms with van der Waals surface area (Å²) < 4.78 is 30.3. The van der Waals surface area contributed by atoms with Crippen molar-refractivity contribution >= 4 is 77.9 Å². The van der Waals surface area contributed by atoms with Gasteiger partial charge in [-0.3, -0.25) is 26.2 Å². The van der Waals surface area contributed by atoms with Gasteiger partial charge in [-0.25, -0.2) is 48.6 Å². The highest BCUT2D eigenvalue weighted by molar-refractivity contribution is 5.95. The van der Waals surface area contributed by atoms with Gasteiger partial charge in [0.05, 0.1) is 51.2 Å². The van der Waals surface area contributed by atoms with Crippen LogP contribution in [0.3, 0.4) is 0 Å². The fraction of sp³-hybridized carbons (Fsp3) is 0.478. The molecule has 0 saturated carbocycles. The number of carbonyl (C=O) groups is 5. The molecule has 0 heterocycles. The Hall–Kier alpha value is -11.0. The molecule has 0 aliphatic rings. The lowest BCUT2D eigenvalue weighted by Crippen LogP contribution is -2.20. The molecule has 0 radical (unpaired) electrons. The Kier molecular flexibility index (Phi) is 124. The lowest BCUT2D eigenvalue weighted by Gasteiger charge is -2.15. The summed E-state index contributed by atoms with van der Waals surface area (Å²) in [7, 11) is 4.74. The van der Waals surface area contributed by atoms with E-state index in [0.29, 0.717) is 72.6 Å². The number of aliphatic imine (C=N–C) groups is 1. The largest absolute Gasteiger partial charge is 0.478 e. The van der Waals surface area contributed by atoms with E-state index in [0.717, 1.165) is 62.4 Å². The molecule has 5 aromatic rings. The van der Waals surface area contributed by atoms with Crippen LogP contribution in [0.25, 0.3) is 0 Å². The van der Waals surface area contributed by atoms with Crippen LogP contribution < -0.4 is 46.3 Å². The fourth-order valence-electron chi connectivity index (χ4n) is 7.47. The van der Waals surface area contributed by atoms with Gasteiger partial charge in [0.1, 0.15) is 63.4 Å². The molecule has 0 bridgehead atoms. The van der Waals surface area contributed by atoms with Crippen LogP contribution in [0.1, 0.15) is 200 Å². The van der Waals surface area contributed by atoms with E-state index in [9.17, 15) is 24.3 Å². The minimum Gasteiger partial charge on any atom is -0.478 e. The normalized spacial score (nSPS) is 9.06. The summed E-state index contributed by atoms with van der Waals surface area (Å²) in [6.45, 7) is 38.2. The number of carbonyl (C=O) groups excluding carboxylic acids is 5. The van der Waals surface area contributed by atoms with E-state index >= 15 is 0 Å². The molecular weight excluding hydrogens is 1620 g/mol. The van der Waals surface area contributed by atoms with Gasteiger partial charge in [-0.05, 0) is 193 Å². The number of nitrogens with one attached hydrogen (secondary N) is 8. The Balaban J connectivity index is -0.0000000770. The van der Waals surface area contributed by atoms with Crippen LogP contribution in [0.4, 0.5) is 33.2 Å². The number of hydroxylamine groups is 1. The number of carboxylic acids is 1. The van der Waals surface area contributed by atoms with E-state index in [1.165, 1.54) is 18.6 Å². The van der Waals surface area contributed by atoms with Crippen molar-refractivity contribution in [2.45, 2.75) is 197 Å². The van der Waals surface area contributed by atoms with E-state index in [1.807, 2.05) is 90.9 Å². The van der Waals surface area contributed by atoms with Crippen LogP contribution >= 0.6 is 0 Å². The number of isocyanates is 1. The molecule has 2 amide bonds. The molecule has 2 atom stereocenters. The lowest BCUT2D eigenvalue weighted by atomic mass is 10.0. The first-order valence-corrected chi connectivity index (χ1v) is 33.6. The fourth-order valence-corrected chi connectivity index (χ4v) is 7.47. The predicted octanol–water partition coefficient (Wildman–Crippen LogP) is 20.0. The number of benzene rings is 5. The molecule has 35 heteroatoms. The molecule has 5 rings (SSSR count).